The van der Waals surface area contributed by atoms with Gasteiger partial charge in [0.25, 0.3) is 0 Å². The molecule has 110 valence electrons. The zero-order valence-electron chi connectivity index (χ0n) is 11.1. The third kappa shape index (κ3) is 2.46. The molecular formula is C14H18O6. The molecule has 2 fully saturated rings. The van der Waals surface area contributed by atoms with E-state index in [9.17, 15) is 10.2 Å². The SMILES string of the molecule is CO[C@@H]1O[C@@H]2CO[C@H](c3ccccc3)O[C@@H]2[C@@H](O)[C@H]1O. The Kier molecular flexibility index (Phi) is 4.02. The number of aliphatic hydroxyl groups excluding tert-OH is 2. The Balaban J connectivity index is 1.74. The van der Waals surface area contributed by atoms with Crippen LogP contribution in [0.2, 0.25) is 0 Å². The third-order valence-corrected chi connectivity index (χ3v) is 3.64. The van der Waals surface area contributed by atoms with Crippen molar-refractivity contribution >= 4 is 0 Å². The quantitative estimate of drug-likeness (QED) is 0.806. The molecule has 0 radical (unpaired) electrons. The molecule has 0 saturated carbocycles. The molecule has 0 aromatic heterocycles. The van der Waals surface area contributed by atoms with E-state index in [1.54, 1.807) is 0 Å². The summed E-state index contributed by atoms with van der Waals surface area (Å²) >= 11 is 0. The minimum atomic E-state index is -1.14. The minimum Gasteiger partial charge on any atom is -0.387 e. The molecule has 2 heterocycles. The average Bonchev–Trinajstić information content (AvgIpc) is 2.51. The van der Waals surface area contributed by atoms with Gasteiger partial charge in [-0.3, -0.25) is 0 Å². The van der Waals surface area contributed by atoms with E-state index >= 15 is 0 Å². The summed E-state index contributed by atoms with van der Waals surface area (Å²) in [7, 11) is 1.41. The fourth-order valence-corrected chi connectivity index (χ4v) is 2.55. The van der Waals surface area contributed by atoms with Gasteiger partial charge in [-0.1, -0.05) is 30.3 Å². The number of hydrogen-bond acceptors (Lipinski definition) is 6. The van der Waals surface area contributed by atoms with Crippen molar-refractivity contribution < 1.29 is 29.2 Å². The van der Waals surface area contributed by atoms with Crippen LogP contribution in [0.3, 0.4) is 0 Å². The van der Waals surface area contributed by atoms with Gasteiger partial charge in [0.05, 0.1) is 6.61 Å². The number of fused-ring (bicyclic) bond motifs is 1. The molecular weight excluding hydrogens is 264 g/mol. The second kappa shape index (κ2) is 5.77. The lowest BCUT2D eigenvalue weighted by Crippen LogP contribution is -2.62. The largest absolute Gasteiger partial charge is 0.387 e. The van der Waals surface area contributed by atoms with E-state index in [1.807, 2.05) is 30.3 Å². The molecule has 6 nitrogen and oxygen atoms in total. The number of aliphatic hydroxyl groups is 2. The van der Waals surface area contributed by atoms with Gasteiger partial charge in [0.1, 0.15) is 24.4 Å². The van der Waals surface area contributed by atoms with Gasteiger partial charge >= 0.3 is 0 Å². The van der Waals surface area contributed by atoms with Crippen LogP contribution in [-0.4, -0.2) is 54.6 Å². The Morgan fingerprint density at radius 2 is 1.85 bits per heavy atom. The summed E-state index contributed by atoms with van der Waals surface area (Å²) in [6.07, 6.45) is -4.76. The lowest BCUT2D eigenvalue weighted by atomic mass is 9.98. The van der Waals surface area contributed by atoms with Crippen molar-refractivity contribution in [2.75, 3.05) is 13.7 Å². The molecule has 3 rings (SSSR count). The molecule has 0 spiro atoms. The minimum absolute atomic E-state index is 0.272. The number of rotatable bonds is 2. The molecule has 2 N–H and O–H groups in total. The lowest BCUT2D eigenvalue weighted by molar-refractivity contribution is -0.358. The van der Waals surface area contributed by atoms with Gasteiger partial charge in [0.2, 0.25) is 0 Å². The maximum absolute atomic E-state index is 10.1. The Hall–Kier alpha value is -1.02. The van der Waals surface area contributed by atoms with Crippen molar-refractivity contribution in [3.8, 4) is 0 Å². The summed E-state index contributed by atoms with van der Waals surface area (Å²) in [5.41, 5.74) is 0.863. The fourth-order valence-electron chi connectivity index (χ4n) is 2.55. The highest BCUT2D eigenvalue weighted by atomic mass is 16.7. The molecule has 1 aromatic carbocycles. The van der Waals surface area contributed by atoms with Crippen LogP contribution in [0, 0.1) is 0 Å². The molecule has 0 amide bonds. The molecule has 2 aliphatic rings. The molecule has 6 atom stereocenters. The first-order chi connectivity index (χ1) is 9.70. The maximum atomic E-state index is 10.1. The van der Waals surface area contributed by atoms with Gasteiger partial charge in [0, 0.05) is 12.7 Å². The summed E-state index contributed by atoms with van der Waals surface area (Å²) in [5, 5.41) is 20.1. The predicted molar refractivity (Wildman–Crippen MR) is 67.7 cm³/mol. The Labute approximate surface area is 116 Å². The van der Waals surface area contributed by atoms with Crippen molar-refractivity contribution in [3.63, 3.8) is 0 Å². The number of ether oxygens (including phenoxy) is 4. The van der Waals surface area contributed by atoms with Crippen molar-refractivity contribution in [1.82, 2.24) is 0 Å². The van der Waals surface area contributed by atoms with E-state index in [2.05, 4.69) is 0 Å². The normalized spacial score (nSPS) is 41.1. The molecule has 20 heavy (non-hydrogen) atoms. The first kappa shape index (κ1) is 13.9. The van der Waals surface area contributed by atoms with Crippen LogP contribution in [0.15, 0.2) is 30.3 Å². The average molecular weight is 282 g/mol. The van der Waals surface area contributed by atoms with Crippen molar-refractivity contribution in [2.24, 2.45) is 0 Å². The number of benzene rings is 1. The van der Waals surface area contributed by atoms with E-state index in [1.165, 1.54) is 7.11 Å². The zero-order valence-corrected chi connectivity index (χ0v) is 11.1. The first-order valence-corrected chi connectivity index (χ1v) is 6.57. The van der Waals surface area contributed by atoms with Crippen LogP contribution in [0.4, 0.5) is 0 Å². The number of hydrogen-bond donors (Lipinski definition) is 2. The van der Waals surface area contributed by atoms with Crippen LogP contribution >= 0.6 is 0 Å². The Morgan fingerprint density at radius 3 is 2.55 bits per heavy atom. The van der Waals surface area contributed by atoms with Crippen LogP contribution in [0.1, 0.15) is 11.9 Å². The zero-order chi connectivity index (χ0) is 14.1. The first-order valence-electron chi connectivity index (χ1n) is 6.57. The summed E-state index contributed by atoms with van der Waals surface area (Å²) in [5.74, 6) is 0. The molecule has 1 aromatic rings. The monoisotopic (exact) mass is 282 g/mol. The topological polar surface area (TPSA) is 77.4 Å². The summed E-state index contributed by atoms with van der Waals surface area (Å²) < 4.78 is 21.9. The maximum Gasteiger partial charge on any atom is 0.186 e. The van der Waals surface area contributed by atoms with Crippen LogP contribution < -0.4 is 0 Å². The highest BCUT2D eigenvalue weighted by molar-refractivity contribution is 5.16. The van der Waals surface area contributed by atoms with E-state index < -0.39 is 37.0 Å². The molecule has 0 bridgehead atoms. The van der Waals surface area contributed by atoms with Gasteiger partial charge in [-0.2, -0.15) is 0 Å². The molecule has 0 aliphatic carbocycles. The van der Waals surface area contributed by atoms with Gasteiger partial charge in [0.15, 0.2) is 12.6 Å². The highest BCUT2D eigenvalue weighted by Crippen LogP contribution is 2.33. The summed E-state index contributed by atoms with van der Waals surface area (Å²) in [6.45, 7) is 0.272. The summed E-state index contributed by atoms with van der Waals surface area (Å²) in [4.78, 5) is 0. The van der Waals surface area contributed by atoms with Crippen molar-refractivity contribution in [2.45, 2.75) is 37.0 Å². The Morgan fingerprint density at radius 1 is 1.10 bits per heavy atom. The molecule has 6 heteroatoms. The fraction of sp³-hybridized carbons (Fsp3) is 0.571. The second-order valence-electron chi connectivity index (χ2n) is 4.94. The third-order valence-electron chi connectivity index (χ3n) is 3.64. The van der Waals surface area contributed by atoms with Gasteiger partial charge in [-0.25, -0.2) is 0 Å². The highest BCUT2D eigenvalue weighted by Gasteiger charge is 2.48. The molecule has 2 aliphatic heterocycles. The van der Waals surface area contributed by atoms with Crippen LogP contribution in [0.5, 0.6) is 0 Å². The number of methoxy groups -OCH3 is 1. The lowest BCUT2D eigenvalue weighted by Gasteiger charge is -2.45. The molecule has 2 saturated heterocycles. The van der Waals surface area contributed by atoms with Gasteiger partial charge in [-0.05, 0) is 0 Å². The van der Waals surface area contributed by atoms with E-state index in [4.69, 9.17) is 18.9 Å². The van der Waals surface area contributed by atoms with E-state index in [-0.39, 0.29) is 6.61 Å². The van der Waals surface area contributed by atoms with Crippen molar-refractivity contribution in [1.29, 1.82) is 0 Å². The standard InChI is InChI=1S/C14H18O6/c1-17-14-11(16)10(15)12-9(19-14)7-18-13(20-12)8-5-3-2-4-6-8/h2-6,9-16H,7H2,1H3/t9-,10+,11-,12+,13+,14-/m1/s1. The van der Waals surface area contributed by atoms with Crippen LogP contribution in [-0.2, 0) is 18.9 Å². The van der Waals surface area contributed by atoms with Crippen LogP contribution in [0.25, 0.3) is 0 Å². The second-order valence-corrected chi connectivity index (χ2v) is 4.94. The summed E-state index contributed by atoms with van der Waals surface area (Å²) in [6, 6.07) is 9.45. The van der Waals surface area contributed by atoms with E-state index in [0.717, 1.165) is 5.56 Å². The van der Waals surface area contributed by atoms with Gasteiger partial charge < -0.3 is 29.2 Å². The van der Waals surface area contributed by atoms with Crippen molar-refractivity contribution in [3.05, 3.63) is 35.9 Å². The predicted octanol–water partition coefficient (Wildman–Crippen LogP) is 0.194. The smallest absolute Gasteiger partial charge is 0.186 e. The van der Waals surface area contributed by atoms with E-state index in [0.29, 0.717) is 0 Å². The molecule has 0 unspecified atom stereocenters. The van der Waals surface area contributed by atoms with Gasteiger partial charge in [-0.15, -0.1) is 0 Å². The Bertz CT molecular complexity index is 437.